The van der Waals surface area contributed by atoms with Crippen LogP contribution in [0.5, 0.6) is 0 Å². The van der Waals surface area contributed by atoms with Crippen LogP contribution in [0.4, 0.5) is 5.00 Å². The summed E-state index contributed by atoms with van der Waals surface area (Å²) in [6, 6.07) is 0. The van der Waals surface area contributed by atoms with Crippen LogP contribution < -0.4 is 11.1 Å². The second-order valence-electron chi connectivity index (χ2n) is 7.65. The van der Waals surface area contributed by atoms with Crippen molar-refractivity contribution >= 4 is 46.1 Å². The van der Waals surface area contributed by atoms with Gasteiger partial charge in [0.05, 0.1) is 39.9 Å². The first-order chi connectivity index (χ1) is 15.7. The fourth-order valence-electron chi connectivity index (χ4n) is 3.76. The van der Waals surface area contributed by atoms with Crippen molar-refractivity contribution in [2.75, 3.05) is 46.3 Å². The molecule has 2 amide bonds. The maximum atomic E-state index is 12.8. The highest BCUT2D eigenvalue weighted by Gasteiger charge is 2.31. The van der Waals surface area contributed by atoms with E-state index in [4.69, 9.17) is 15.2 Å². The van der Waals surface area contributed by atoms with Gasteiger partial charge in [-0.15, -0.1) is 11.3 Å². The number of nitrogens with one attached hydrogen (secondary N) is 1. The van der Waals surface area contributed by atoms with E-state index in [1.54, 1.807) is 0 Å². The molecule has 33 heavy (non-hydrogen) atoms. The number of nitrogens with two attached hydrogens (primary N) is 1. The first-order valence-electron chi connectivity index (χ1n) is 10.4. The van der Waals surface area contributed by atoms with Crippen molar-refractivity contribution in [3.05, 3.63) is 16.0 Å². The van der Waals surface area contributed by atoms with Gasteiger partial charge in [0.2, 0.25) is 11.8 Å². The lowest BCUT2D eigenvalue weighted by atomic mass is 9.93. The monoisotopic (exact) mass is 483 g/mol. The van der Waals surface area contributed by atoms with Gasteiger partial charge >= 0.3 is 17.9 Å². The van der Waals surface area contributed by atoms with Crippen LogP contribution in [0.3, 0.4) is 0 Å². The lowest BCUT2D eigenvalue weighted by Gasteiger charge is -2.32. The topological polar surface area (TPSA) is 154 Å². The van der Waals surface area contributed by atoms with Gasteiger partial charge in [0.25, 0.3) is 0 Å². The van der Waals surface area contributed by atoms with Crippen LogP contribution in [0.2, 0.25) is 0 Å². The second-order valence-corrected chi connectivity index (χ2v) is 8.67. The Bertz CT molecular complexity index is 914. The number of amides is 2. The molecule has 1 aliphatic heterocycles. The molecule has 182 valence electrons. The van der Waals surface area contributed by atoms with Crippen molar-refractivity contribution in [2.24, 2.45) is 11.7 Å². The maximum absolute atomic E-state index is 12.8. The third kappa shape index (κ3) is 7.26. The fraction of sp³-hybridized carbons (Fsp3) is 0.571. The molecule has 0 spiro atoms. The Labute approximate surface area is 195 Å². The van der Waals surface area contributed by atoms with E-state index in [1.165, 1.54) is 14.2 Å². The van der Waals surface area contributed by atoms with Gasteiger partial charge in [-0.3, -0.25) is 19.3 Å². The predicted octanol–water partition coefficient (Wildman–Crippen LogP) is 0.953. The zero-order valence-corrected chi connectivity index (χ0v) is 19.7. The average molecular weight is 484 g/mol. The predicted molar refractivity (Wildman–Crippen MR) is 119 cm³/mol. The van der Waals surface area contributed by atoms with Crippen LogP contribution in [0.15, 0.2) is 0 Å². The highest BCUT2D eigenvalue weighted by Crippen LogP contribution is 2.35. The minimum Gasteiger partial charge on any atom is -0.469 e. The molecule has 3 N–H and O–H groups in total. The Hall–Kier alpha value is -2.99. The number of ether oxygens (including phenoxy) is 3. The number of methoxy groups -OCH3 is 3. The molecule has 0 aromatic carbocycles. The van der Waals surface area contributed by atoms with Crippen molar-refractivity contribution < 1.29 is 38.2 Å². The first kappa shape index (κ1) is 26.3. The Morgan fingerprint density at radius 1 is 1.09 bits per heavy atom. The number of piperidine rings is 1. The van der Waals surface area contributed by atoms with Gasteiger partial charge in [0.1, 0.15) is 9.88 Å². The molecule has 1 saturated heterocycles. The number of esters is 3. The van der Waals surface area contributed by atoms with Crippen LogP contribution in [-0.2, 0) is 35.0 Å². The number of hydrogen-bond acceptors (Lipinski definition) is 10. The number of carbonyl (C=O) groups excluding carboxylic acids is 5. The number of primary amides is 1. The minimum absolute atomic E-state index is 0.00286. The number of hydrogen-bond donors (Lipinski definition) is 2. The summed E-state index contributed by atoms with van der Waals surface area (Å²) in [5, 5.41) is 2.76. The molecule has 0 bridgehead atoms. The normalized spacial score (nSPS) is 16.0. The van der Waals surface area contributed by atoms with Gasteiger partial charge in [0.15, 0.2) is 0 Å². The standard InChI is InChI=1S/C21H29N3O8S/c1-30-16(27)9-13-17(20(28)31-2)19(33-18(13)21(29)32-3)23-15(26)11-24-8-4-5-12(10-24)6-7-14(22)25/h12H,4-11H2,1-3H3,(H2,22,25)(H,23,26). The average Bonchev–Trinajstić information content (AvgIpc) is 3.13. The Morgan fingerprint density at radius 2 is 1.79 bits per heavy atom. The van der Waals surface area contributed by atoms with Crippen molar-refractivity contribution in [3.63, 3.8) is 0 Å². The van der Waals surface area contributed by atoms with E-state index in [1.807, 2.05) is 4.90 Å². The summed E-state index contributed by atoms with van der Waals surface area (Å²) in [6.45, 7) is 1.43. The van der Waals surface area contributed by atoms with Gasteiger partial charge in [-0.1, -0.05) is 0 Å². The summed E-state index contributed by atoms with van der Waals surface area (Å²) >= 11 is 0.832. The number of anilines is 1. The van der Waals surface area contributed by atoms with E-state index in [2.05, 4.69) is 10.1 Å². The molecule has 1 aromatic heterocycles. The van der Waals surface area contributed by atoms with E-state index < -0.39 is 23.8 Å². The van der Waals surface area contributed by atoms with E-state index in [0.29, 0.717) is 19.4 Å². The van der Waals surface area contributed by atoms with E-state index in [9.17, 15) is 24.0 Å². The number of rotatable bonds is 10. The van der Waals surface area contributed by atoms with E-state index in [0.717, 1.165) is 37.8 Å². The third-order valence-electron chi connectivity index (χ3n) is 5.34. The molecule has 2 rings (SSSR count). The van der Waals surface area contributed by atoms with Gasteiger partial charge in [-0.25, -0.2) is 9.59 Å². The van der Waals surface area contributed by atoms with Crippen molar-refractivity contribution in [1.29, 1.82) is 0 Å². The van der Waals surface area contributed by atoms with E-state index in [-0.39, 0.29) is 45.8 Å². The number of nitrogens with zero attached hydrogens (tertiary/aromatic N) is 1. The molecular weight excluding hydrogens is 454 g/mol. The van der Waals surface area contributed by atoms with Gasteiger partial charge < -0.3 is 25.3 Å². The molecular formula is C21H29N3O8S. The highest BCUT2D eigenvalue weighted by molar-refractivity contribution is 7.18. The fourth-order valence-corrected chi connectivity index (χ4v) is 4.90. The molecule has 11 nitrogen and oxygen atoms in total. The maximum Gasteiger partial charge on any atom is 0.348 e. The molecule has 0 saturated carbocycles. The minimum atomic E-state index is -0.805. The van der Waals surface area contributed by atoms with Crippen LogP contribution in [-0.4, -0.2) is 75.6 Å². The zero-order chi connectivity index (χ0) is 24.5. The Balaban J connectivity index is 2.21. The van der Waals surface area contributed by atoms with Gasteiger partial charge in [0, 0.05) is 18.5 Å². The molecule has 1 fully saturated rings. The molecule has 12 heteroatoms. The smallest absolute Gasteiger partial charge is 0.348 e. The SMILES string of the molecule is COC(=O)Cc1c(C(=O)OC)sc(NC(=O)CN2CCCC(CCC(N)=O)C2)c1C(=O)OC. The summed E-state index contributed by atoms with van der Waals surface area (Å²) in [5.41, 5.74) is 5.22. The Morgan fingerprint density at radius 3 is 2.39 bits per heavy atom. The van der Waals surface area contributed by atoms with Gasteiger partial charge in [-0.2, -0.15) is 0 Å². The lowest BCUT2D eigenvalue weighted by Crippen LogP contribution is -2.40. The summed E-state index contributed by atoms with van der Waals surface area (Å²) < 4.78 is 14.2. The zero-order valence-electron chi connectivity index (χ0n) is 18.9. The molecule has 1 unspecified atom stereocenters. The van der Waals surface area contributed by atoms with Gasteiger partial charge in [-0.05, 0) is 31.7 Å². The van der Waals surface area contributed by atoms with E-state index >= 15 is 0 Å². The molecule has 0 aliphatic carbocycles. The molecule has 1 aromatic rings. The molecule has 1 atom stereocenters. The first-order valence-corrected chi connectivity index (χ1v) is 11.2. The van der Waals surface area contributed by atoms with Crippen LogP contribution in [0.1, 0.15) is 51.3 Å². The number of likely N-dealkylation sites (tertiary alicyclic amines) is 1. The summed E-state index contributed by atoms with van der Waals surface area (Å²) in [7, 11) is 3.51. The van der Waals surface area contributed by atoms with Crippen LogP contribution >= 0.6 is 11.3 Å². The summed E-state index contributed by atoms with van der Waals surface area (Å²) in [4.78, 5) is 62.4. The second kappa shape index (κ2) is 12.3. The van der Waals surface area contributed by atoms with Crippen LogP contribution in [0.25, 0.3) is 0 Å². The molecule has 1 aliphatic rings. The third-order valence-corrected chi connectivity index (χ3v) is 6.47. The van der Waals surface area contributed by atoms with Crippen LogP contribution in [0, 0.1) is 5.92 Å². The number of thiophene rings is 1. The quantitative estimate of drug-likeness (QED) is 0.366. The summed E-state index contributed by atoms with van der Waals surface area (Å²) in [5.74, 6) is -2.70. The molecule has 0 radical (unpaired) electrons. The Kier molecular flexibility index (Phi) is 9.79. The molecule has 2 heterocycles. The largest absolute Gasteiger partial charge is 0.469 e. The number of carbonyl (C=O) groups is 5. The van der Waals surface area contributed by atoms with Crippen molar-refractivity contribution in [3.8, 4) is 0 Å². The van der Waals surface area contributed by atoms with Crippen molar-refractivity contribution in [1.82, 2.24) is 4.90 Å². The summed E-state index contributed by atoms with van der Waals surface area (Å²) in [6.07, 6.45) is 2.46. The lowest BCUT2D eigenvalue weighted by molar-refractivity contribution is -0.139. The highest BCUT2D eigenvalue weighted by atomic mass is 32.1. The van der Waals surface area contributed by atoms with Crippen molar-refractivity contribution in [2.45, 2.75) is 32.1 Å².